The first-order valence-corrected chi connectivity index (χ1v) is 6.02. The topological polar surface area (TPSA) is 56.3 Å². The molecule has 2 rings (SSSR count). The molecule has 15 heavy (non-hydrogen) atoms. The number of hydrogen-bond donors (Lipinski definition) is 2. The minimum absolute atomic E-state index is 0.0360. The SMILES string of the molecule is O=C(c1cc(I)c[nH]1)N1CCC(CO)C1. The fourth-order valence-electron chi connectivity index (χ4n) is 1.83. The number of amides is 1. The van der Waals surface area contributed by atoms with E-state index in [-0.39, 0.29) is 18.4 Å². The van der Waals surface area contributed by atoms with Gasteiger partial charge in [0.05, 0.1) is 0 Å². The largest absolute Gasteiger partial charge is 0.396 e. The maximum absolute atomic E-state index is 11.9. The summed E-state index contributed by atoms with van der Waals surface area (Å²) in [5.74, 6) is 0.289. The van der Waals surface area contributed by atoms with E-state index < -0.39 is 0 Å². The maximum Gasteiger partial charge on any atom is 0.270 e. The zero-order valence-corrected chi connectivity index (χ0v) is 10.4. The number of aromatic amines is 1. The number of likely N-dealkylation sites (tertiary alicyclic amines) is 1. The number of carbonyl (C=O) groups is 1. The molecule has 2 heterocycles. The van der Waals surface area contributed by atoms with Gasteiger partial charge < -0.3 is 15.0 Å². The molecule has 4 nitrogen and oxygen atoms in total. The molecule has 82 valence electrons. The Morgan fingerprint density at radius 2 is 2.53 bits per heavy atom. The van der Waals surface area contributed by atoms with Gasteiger partial charge in [-0.2, -0.15) is 0 Å². The Bertz CT molecular complexity index is 364. The lowest BCUT2D eigenvalue weighted by Gasteiger charge is -2.14. The van der Waals surface area contributed by atoms with Gasteiger partial charge in [-0.05, 0) is 35.1 Å². The molecule has 1 aliphatic heterocycles. The Hall–Kier alpha value is -0.560. The van der Waals surface area contributed by atoms with Gasteiger partial charge in [0.15, 0.2) is 0 Å². The molecule has 1 atom stereocenters. The van der Waals surface area contributed by atoms with E-state index in [2.05, 4.69) is 27.6 Å². The summed E-state index contributed by atoms with van der Waals surface area (Å²) in [6, 6.07) is 1.84. The van der Waals surface area contributed by atoms with E-state index in [0.717, 1.165) is 16.5 Å². The fraction of sp³-hybridized carbons (Fsp3) is 0.500. The normalized spacial score (nSPS) is 20.9. The second-order valence-electron chi connectivity index (χ2n) is 3.82. The van der Waals surface area contributed by atoms with Gasteiger partial charge in [0, 0.05) is 35.4 Å². The smallest absolute Gasteiger partial charge is 0.270 e. The maximum atomic E-state index is 11.9. The highest BCUT2D eigenvalue weighted by atomic mass is 127. The number of nitrogens with one attached hydrogen (secondary N) is 1. The van der Waals surface area contributed by atoms with E-state index in [1.165, 1.54) is 0 Å². The van der Waals surface area contributed by atoms with Crippen LogP contribution in [-0.4, -0.2) is 40.6 Å². The van der Waals surface area contributed by atoms with Crippen molar-refractivity contribution in [3.63, 3.8) is 0 Å². The summed E-state index contributed by atoms with van der Waals surface area (Å²) in [5, 5.41) is 8.99. The van der Waals surface area contributed by atoms with Gasteiger partial charge in [-0.25, -0.2) is 0 Å². The Morgan fingerprint density at radius 3 is 3.07 bits per heavy atom. The molecule has 1 unspecified atom stereocenters. The molecule has 1 aliphatic rings. The average molecular weight is 320 g/mol. The zero-order valence-electron chi connectivity index (χ0n) is 8.24. The molecular weight excluding hydrogens is 307 g/mol. The predicted octanol–water partition coefficient (Wildman–Crippen LogP) is 1.07. The summed E-state index contributed by atoms with van der Waals surface area (Å²) < 4.78 is 1.04. The molecule has 5 heteroatoms. The van der Waals surface area contributed by atoms with Crippen LogP contribution < -0.4 is 0 Å². The number of hydrogen-bond acceptors (Lipinski definition) is 2. The van der Waals surface area contributed by atoms with E-state index in [9.17, 15) is 4.79 Å². The summed E-state index contributed by atoms with van der Waals surface area (Å²) in [6.07, 6.45) is 2.72. The number of carbonyl (C=O) groups excluding carboxylic acids is 1. The molecule has 0 saturated carbocycles. The minimum Gasteiger partial charge on any atom is -0.396 e. The lowest BCUT2D eigenvalue weighted by Crippen LogP contribution is -2.29. The van der Waals surface area contributed by atoms with Gasteiger partial charge in [0.25, 0.3) is 5.91 Å². The van der Waals surface area contributed by atoms with Gasteiger partial charge in [-0.3, -0.25) is 4.79 Å². The second-order valence-corrected chi connectivity index (χ2v) is 5.07. The van der Waals surface area contributed by atoms with Gasteiger partial charge in [0.1, 0.15) is 5.69 Å². The van der Waals surface area contributed by atoms with Crippen molar-refractivity contribution in [2.75, 3.05) is 19.7 Å². The van der Waals surface area contributed by atoms with Crippen molar-refractivity contribution in [1.82, 2.24) is 9.88 Å². The lowest BCUT2D eigenvalue weighted by atomic mass is 10.1. The van der Waals surface area contributed by atoms with Crippen molar-refractivity contribution >= 4 is 28.5 Å². The van der Waals surface area contributed by atoms with Crippen LogP contribution in [0.15, 0.2) is 12.3 Å². The first-order chi connectivity index (χ1) is 7.20. The highest BCUT2D eigenvalue weighted by Gasteiger charge is 2.26. The first-order valence-electron chi connectivity index (χ1n) is 4.94. The van der Waals surface area contributed by atoms with E-state index in [1.54, 1.807) is 4.90 Å². The van der Waals surface area contributed by atoms with Crippen LogP contribution in [0, 0.1) is 9.49 Å². The Kier molecular flexibility index (Phi) is 3.30. The van der Waals surface area contributed by atoms with E-state index in [0.29, 0.717) is 12.2 Å². The van der Waals surface area contributed by atoms with Crippen molar-refractivity contribution in [2.45, 2.75) is 6.42 Å². The van der Waals surface area contributed by atoms with Crippen molar-refractivity contribution in [2.24, 2.45) is 5.92 Å². The molecule has 1 saturated heterocycles. The number of H-pyrrole nitrogens is 1. The minimum atomic E-state index is 0.0360. The van der Waals surface area contributed by atoms with Gasteiger partial charge in [0.2, 0.25) is 0 Å². The number of nitrogens with zero attached hydrogens (tertiary/aromatic N) is 1. The lowest BCUT2D eigenvalue weighted by molar-refractivity contribution is 0.0777. The monoisotopic (exact) mass is 320 g/mol. The van der Waals surface area contributed by atoms with Crippen molar-refractivity contribution < 1.29 is 9.90 Å². The molecule has 2 N–H and O–H groups in total. The summed E-state index contributed by atoms with van der Waals surface area (Å²) in [5.41, 5.74) is 0.637. The highest BCUT2D eigenvalue weighted by Crippen LogP contribution is 2.18. The van der Waals surface area contributed by atoms with Crippen LogP contribution in [0.1, 0.15) is 16.9 Å². The molecular formula is C10H13IN2O2. The summed E-state index contributed by atoms with van der Waals surface area (Å²) in [7, 11) is 0. The molecule has 0 radical (unpaired) electrons. The fourth-order valence-corrected chi connectivity index (χ4v) is 2.29. The molecule has 1 aromatic heterocycles. The molecule has 1 aromatic rings. The van der Waals surface area contributed by atoms with Crippen LogP contribution in [0.3, 0.4) is 0 Å². The number of aliphatic hydroxyl groups excluding tert-OH is 1. The summed E-state index contributed by atoms with van der Waals surface area (Å²) in [6.45, 7) is 1.59. The summed E-state index contributed by atoms with van der Waals surface area (Å²) in [4.78, 5) is 16.7. The van der Waals surface area contributed by atoms with Crippen LogP contribution >= 0.6 is 22.6 Å². The molecule has 1 amide bonds. The molecule has 1 fully saturated rings. The Labute approximate surface area is 102 Å². The summed E-state index contributed by atoms with van der Waals surface area (Å²) >= 11 is 2.17. The molecule has 0 aliphatic carbocycles. The Balaban J connectivity index is 2.03. The average Bonchev–Trinajstić information content (AvgIpc) is 2.84. The number of halogens is 1. The third-order valence-electron chi connectivity index (χ3n) is 2.71. The zero-order chi connectivity index (χ0) is 10.8. The van der Waals surface area contributed by atoms with Crippen LogP contribution in [0.25, 0.3) is 0 Å². The van der Waals surface area contributed by atoms with E-state index in [4.69, 9.17) is 5.11 Å². The molecule has 0 aromatic carbocycles. The third-order valence-corrected chi connectivity index (χ3v) is 3.33. The van der Waals surface area contributed by atoms with E-state index in [1.807, 2.05) is 12.3 Å². The van der Waals surface area contributed by atoms with Crippen LogP contribution in [-0.2, 0) is 0 Å². The number of rotatable bonds is 2. The quantitative estimate of drug-likeness (QED) is 0.801. The first kappa shape index (κ1) is 10.9. The van der Waals surface area contributed by atoms with Crippen LogP contribution in [0.2, 0.25) is 0 Å². The third kappa shape index (κ3) is 2.34. The van der Waals surface area contributed by atoms with Gasteiger partial charge in [-0.1, -0.05) is 0 Å². The predicted molar refractivity (Wildman–Crippen MR) is 64.6 cm³/mol. The number of aliphatic hydroxyl groups is 1. The highest BCUT2D eigenvalue weighted by molar-refractivity contribution is 14.1. The Morgan fingerprint density at radius 1 is 1.73 bits per heavy atom. The number of aromatic nitrogens is 1. The molecule has 0 spiro atoms. The van der Waals surface area contributed by atoms with Gasteiger partial charge in [-0.15, -0.1) is 0 Å². The van der Waals surface area contributed by atoms with Crippen molar-refractivity contribution in [3.8, 4) is 0 Å². The standard InChI is InChI=1S/C10H13IN2O2/c11-8-3-9(12-4-8)10(15)13-2-1-7(5-13)6-14/h3-4,7,12,14H,1-2,5-6H2. The molecule has 0 bridgehead atoms. The second kappa shape index (κ2) is 4.52. The van der Waals surface area contributed by atoms with E-state index >= 15 is 0 Å². The van der Waals surface area contributed by atoms with Crippen molar-refractivity contribution in [1.29, 1.82) is 0 Å². The van der Waals surface area contributed by atoms with Crippen LogP contribution in [0.5, 0.6) is 0 Å². The van der Waals surface area contributed by atoms with Crippen molar-refractivity contribution in [3.05, 3.63) is 21.5 Å². The van der Waals surface area contributed by atoms with Crippen LogP contribution in [0.4, 0.5) is 0 Å². The van der Waals surface area contributed by atoms with Gasteiger partial charge >= 0.3 is 0 Å².